The summed E-state index contributed by atoms with van der Waals surface area (Å²) in [6, 6.07) is 5.70. The van der Waals surface area contributed by atoms with Crippen LogP contribution in [0.5, 0.6) is 23.0 Å². The standard InChI is InChI=1S/C20H18O10/c21-9-2-1-8(20-18(28)17(27)13(25)6-29-20)19-15(9)10(22)5-14(30-19)7-3-11(23)16(26)12(24)4-7/h1-5,13,17-18,20-21,23-28H,6H2. The van der Waals surface area contributed by atoms with Crippen LogP contribution >= 0.6 is 0 Å². The van der Waals surface area contributed by atoms with Crippen LogP contribution in [0.15, 0.2) is 39.5 Å². The Bertz CT molecular complexity index is 1160. The predicted octanol–water partition coefficient (Wildman–Crippen LogP) is 0.436. The van der Waals surface area contributed by atoms with Gasteiger partial charge in [-0.1, -0.05) is 0 Å². The molecule has 30 heavy (non-hydrogen) atoms. The fourth-order valence-electron chi connectivity index (χ4n) is 3.46. The molecule has 10 nitrogen and oxygen atoms in total. The molecule has 158 valence electrons. The maximum Gasteiger partial charge on any atom is 0.200 e. The molecule has 0 bridgehead atoms. The molecule has 0 amide bonds. The Morgan fingerprint density at radius 1 is 0.867 bits per heavy atom. The number of benzene rings is 2. The van der Waals surface area contributed by atoms with Crippen molar-refractivity contribution in [1.82, 2.24) is 0 Å². The molecule has 2 heterocycles. The summed E-state index contributed by atoms with van der Waals surface area (Å²) in [4.78, 5) is 12.7. The molecule has 1 aliphatic heterocycles. The molecule has 2 aromatic carbocycles. The monoisotopic (exact) mass is 418 g/mol. The zero-order valence-electron chi connectivity index (χ0n) is 15.3. The average molecular weight is 418 g/mol. The summed E-state index contributed by atoms with van der Waals surface area (Å²) in [7, 11) is 0. The van der Waals surface area contributed by atoms with Gasteiger partial charge in [-0.05, 0) is 24.3 Å². The number of fused-ring (bicyclic) bond motifs is 1. The van der Waals surface area contributed by atoms with Crippen molar-refractivity contribution < 1.29 is 44.9 Å². The Morgan fingerprint density at radius 3 is 2.20 bits per heavy atom. The third-order valence-corrected chi connectivity index (χ3v) is 5.05. The highest BCUT2D eigenvalue weighted by Crippen LogP contribution is 2.41. The summed E-state index contributed by atoms with van der Waals surface area (Å²) >= 11 is 0. The minimum Gasteiger partial charge on any atom is -0.507 e. The molecule has 4 unspecified atom stereocenters. The van der Waals surface area contributed by atoms with Crippen LogP contribution in [0.4, 0.5) is 0 Å². The lowest BCUT2D eigenvalue weighted by Gasteiger charge is -2.35. The molecule has 4 atom stereocenters. The first-order valence-corrected chi connectivity index (χ1v) is 8.90. The fourth-order valence-corrected chi connectivity index (χ4v) is 3.46. The number of aliphatic hydroxyl groups excluding tert-OH is 3. The van der Waals surface area contributed by atoms with E-state index in [-0.39, 0.29) is 34.5 Å². The van der Waals surface area contributed by atoms with Crippen LogP contribution in [-0.2, 0) is 4.74 Å². The van der Waals surface area contributed by atoms with E-state index in [2.05, 4.69) is 0 Å². The smallest absolute Gasteiger partial charge is 0.200 e. The zero-order valence-corrected chi connectivity index (χ0v) is 15.3. The van der Waals surface area contributed by atoms with Gasteiger partial charge in [0.15, 0.2) is 22.7 Å². The lowest BCUT2D eigenvalue weighted by Crippen LogP contribution is -2.49. The molecule has 1 fully saturated rings. The number of rotatable bonds is 2. The van der Waals surface area contributed by atoms with Gasteiger partial charge in [-0.3, -0.25) is 4.79 Å². The second kappa shape index (κ2) is 7.18. The number of aliphatic hydroxyl groups is 3. The van der Waals surface area contributed by atoms with Gasteiger partial charge in [-0.2, -0.15) is 0 Å². The summed E-state index contributed by atoms with van der Waals surface area (Å²) in [6.07, 6.45) is -5.53. The highest BCUT2D eigenvalue weighted by molar-refractivity contribution is 5.87. The summed E-state index contributed by atoms with van der Waals surface area (Å²) < 4.78 is 11.2. The van der Waals surface area contributed by atoms with Crippen LogP contribution in [0, 0.1) is 0 Å². The van der Waals surface area contributed by atoms with E-state index >= 15 is 0 Å². The second-order valence-corrected chi connectivity index (χ2v) is 7.02. The van der Waals surface area contributed by atoms with Crippen molar-refractivity contribution in [2.75, 3.05) is 6.61 Å². The largest absolute Gasteiger partial charge is 0.507 e. The van der Waals surface area contributed by atoms with Crippen LogP contribution < -0.4 is 5.43 Å². The summed E-state index contributed by atoms with van der Waals surface area (Å²) in [5.74, 6) is -2.54. The lowest BCUT2D eigenvalue weighted by molar-refractivity contribution is -0.189. The van der Waals surface area contributed by atoms with Gasteiger partial charge in [-0.25, -0.2) is 0 Å². The Balaban J connectivity index is 1.94. The van der Waals surface area contributed by atoms with E-state index in [1.165, 1.54) is 12.1 Å². The number of phenolic OH excluding ortho intramolecular Hbond substituents is 4. The number of hydrogen-bond donors (Lipinski definition) is 7. The molecule has 10 heteroatoms. The zero-order chi connectivity index (χ0) is 21.7. The average Bonchev–Trinajstić information content (AvgIpc) is 2.70. The van der Waals surface area contributed by atoms with E-state index in [4.69, 9.17) is 9.15 Å². The number of ether oxygens (including phenoxy) is 1. The molecule has 0 saturated carbocycles. The molecule has 0 radical (unpaired) electrons. The predicted molar refractivity (Wildman–Crippen MR) is 101 cm³/mol. The van der Waals surface area contributed by atoms with Gasteiger partial charge in [0.05, 0.1) is 6.61 Å². The number of hydrogen-bond acceptors (Lipinski definition) is 10. The molecule has 7 N–H and O–H groups in total. The van der Waals surface area contributed by atoms with Crippen molar-refractivity contribution in [2.45, 2.75) is 24.4 Å². The van der Waals surface area contributed by atoms with Crippen LogP contribution in [0.25, 0.3) is 22.3 Å². The van der Waals surface area contributed by atoms with Crippen LogP contribution in [0.2, 0.25) is 0 Å². The topological polar surface area (TPSA) is 181 Å². The molecule has 4 rings (SSSR count). The molecule has 1 saturated heterocycles. The van der Waals surface area contributed by atoms with Crippen molar-refractivity contribution in [3.05, 3.63) is 46.1 Å². The molecule has 1 aliphatic rings. The van der Waals surface area contributed by atoms with Crippen molar-refractivity contribution in [2.24, 2.45) is 0 Å². The number of aromatic hydroxyl groups is 4. The van der Waals surface area contributed by atoms with Crippen molar-refractivity contribution in [1.29, 1.82) is 0 Å². The van der Waals surface area contributed by atoms with Crippen molar-refractivity contribution in [3.8, 4) is 34.3 Å². The first-order chi connectivity index (χ1) is 14.2. The second-order valence-electron chi connectivity index (χ2n) is 7.02. The SMILES string of the molecule is O=c1cc(-c2cc(O)c(O)c(O)c2)oc2c(C3OCC(O)C(O)C3O)ccc(O)c12. The van der Waals surface area contributed by atoms with E-state index in [9.17, 15) is 40.5 Å². The highest BCUT2D eigenvalue weighted by atomic mass is 16.5. The van der Waals surface area contributed by atoms with Gasteiger partial charge in [0.2, 0.25) is 0 Å². The minimum absolute atomic E-state index is 0.0525. The minimum atomic E-state index is -1.54. The molecule has 3 aromatic rings. The Morgan fingerprint density at radius 2 is 1.53 bits per heavy atom. The quantitative estimate of drug-likeness (QED) is 0.288. The third-order valence-electron chi connectivity index (χ3n) is 5.05. The Kier molecular flexibility index (Phi) is 4.79. The van der Waals surface area contributed by atoms with Gasteiger partial charge < -0.3 is 44.9 Å². The van der Waals surface area contributed by atoms with E-state index in [0.29, 0.717) is 0 Å². The maximum atomic E-state index is 12.7. The first-order valence-electron chi connectivity index (χ1n) is 8.90. The molecule has 0 spiro atoms. The van der Waals surface area contributed by atoms with E-state index < -0.39 is 52.8 Å². The maximum absolute atomic E-state index is 12.7. The molecular weight excluding hydrogens is 400 g/mol. The fraction of sp³-hybridized carbons (Fsp3) is 0.250. The Hall–Kier alpha value is -3.31. The van der Waals surface area contributed by atoms with E-state index in [1.807, 2.05) is 0 Å². The summed E-state index contributed by atoms with van der Waals surface area (Å²) in [5, 5.41) is 68.9. The Labute approximate surface area is 168 Å². The number of phenols is 4. The normalized spacial score (nSPS) is 24.2. The van der Waals surface area contributed by atoms with Gasteiger partial charge in [0.1, 0.15) is 46.9 Å². The van der Waals surface area contributed by atoms with Crippen LogP contribution in [0.1, 0.15) is 11.7 Å². The van der Waals surface area contributed by atoms with Gasteiger partial charge >= 0.3 is 0 Å². The van der Waals surface area contributed by atoms with Gasteiger partial charge in [0.25, 0.3) is 0 Å². The van der Waals surface area contributed by atoms with Crippen molar-refractivity contribution in [3.63, 3.8) is 0 Å². The van der Waals surface area contributed by atoms with Gasteiger partial charge in [-0.15, -0.1) is 0 Å². The van der Waals surface area contributed by atoms with Gasteiger partial charge in [0, 0.05) is 17.2 Å². The summed E-state index contributed by atoms with van der Waals surface area (Å²) in [6.45, 7) is -0.283. The molecule has 1 aromatic heterocycles. The van der Waals surface area contributed by atoms with E-state index in [1.54, 1.807) is 0 Å². The summed E-state index contributed by atoms with van der Waals surface area (Å²) in [5.41, 5.74) is -0.634. The van der Waals surface area contributed by atoms with Crippen molar-refractivity contribution >= 4 is 11.0 Å². The first kappa shape index (κ1) is 20.0. The van der Waals surface area contributed by atoms with Crippen LogP contribution in [0.3, 0.4) is 0 Å². The van der Waals surface area contributed by atoms with Crippen LogP contribution in [-0.4, -0.2) is 60.7 Å². The third kappa shape index (κ3) is 3.12. The van der Waals surface area contributed by atoms with E-state index in [0.717, 1.165) is 18.2 Å². The highest BCUT2D eigenvalue weighted by Gasteiger charge is 2.39. The molecule has 0 aliphatic carbocycles. The lowest BCUT2D eigenvalue weighted by atomic mass is 9.93. The molecular formula is C20H18O10.